The van der Waals surface area contributed by atoms with Crippen LogP contribution in [0.4, 0.5) is 5.69 Å². The number of carbonyl (C=O) groups excluding carboxylic acids is 1. The van der Waals surface area contributed by atoms with Gasteiger partial charge in [-0.15, -0.1) is 0 Å². The molecule has 144 valence electrons. The molecule has 4 nitrogen and oxygen atoms in total. The van der Waals surface area contributed by atoms with E-state index < -0.39 is 0 Å². The van der Waals surface area contributed by atoms with Gasteiger partial charge in [0.1, 0.15) is 5.75 Å². The number of aryl methyl sites for hydroxylation is 1. The Morgan fingerprint density at radius 3 is 2.96 bits per heavy atom. The predicted octanol–water partition coefficient (Wildman–Crippen LogP) is 4.49. The number of benzene rings is 1. The maximum absolute atomic E-state index is 10.8. The molecule has 1 aliphatic heterocycles. The summed E-state index contributed by atoms with van der Waals surface area (Å²) >= 11 is 0. The quantitative estimate of drug-likeness (QED) is 0.495. The minimum Gasteiger partial charge on any atom is -0.494 e. The third-order valence-electron chi connectivity index (χ3n) is 6.08. The Morgan fingerprint density at radius 2 is 2.12 bits per heavy atom. The Bertz CT molecular complexity index is 575. The summed E-state index contributed by atoms with van der Waals surface area (Å²) in [4.78, 5) is 13.5. The molecule has 2 fully saturated rings. The van der Waals surface area contributed by atoms with Gasteiger partial charge < -0.3 is 15.0 Å². The molecule has 1 amide bonds. The largest absolute Gasteiger partial charge is 0.494 e. The number of nitrogens with one attached hydrogen (secondary N) is 1. The second kappa shape index (κ2) is 9.96. The number of amides is 1. The van der Waals surface area contributed by atoms with Gasteiger partial charge in [0.15, 0.2) is 0 Å². The van der Waals surface area contributed by atoms with Gasteiger partial charge in [-0.1, -0.05) is 32.3 Å². The van der Waals surface area contributed by atoms with Crippen molar-refractivity contribution < 1.29 is 9.53 Å². The molecule has 3 rings (SSSR count). The van der Waals surface area contributed by atoms with Crippen LogP contribution in [0.2, 0.25) is 0 Å². The summed E-state index contributed by atoms with van der Waals surface area (Å²) in [6.45, 7) is 6.71. The van der Waals surface area contributed by atoms with E-state index in [4.69, 9.17) is 4.74 Å². The molecule has 1 aromatic rings. The van der Waals surface area contributed by atoms with Gasteiger partial charge in [-0.25, -0.2) is 0 Å². The van der Waals surface area contributed by atoms with E-state index >= 15 is 0 Å². The molecule has 2 unspecified atom stereocenters. The molecule has 1 aliphatic carbocycles. The monoisotopic (exact) mass is 358 g/mol. The lowest BCUT2D eigenvalue weighted by molar-refractivity contribution is -0.105. The van der Waals surface area contributed by atoms with Crippen LogP contribution >= 0.6 is 0 Å². The average molecular weight is 359 g/mol. The normalized spacial score (nSPS) is 22.8. The Morgan fingerprint density at radius 1 is 1.23 bits per heavy atom. The lowest BCUT2D eigenvalue weighted by atomic mass is 9.88. The van der Waals surface area contributed by atoms with E-state index in [9.17, 15) is 4.79 Å². The first-order valence-corrected chi connectivity index (χ1v) is 10.5. The van der Waals surface area contributed by atoms with Crippen molar-refractivity contribution in [3.05, 3.63) is 23.8 Å². The number of hydrogen-bond acceptors (Lipinski definition) is 3. The van der Waals surface area contributed by atoms with Crippen LogP contribution in [0.1, 0.15) is 57.4 Å². The number of nitrogens with zero attached hydrogens (tertiary/aromatic N) is 1. The van der Waals surface area contributed by atoms with Crippen LogP contribution in [0.3, 0.4) is 0 Å². The van der Waals surface area contributed by atoms with Gasteiger partial charge in [-0.2, -0.15) is 0 Å². The van der Waals surface area contributed by atoms with Crippen LogP contribution < -0.4 is 10.1 Å². The Hall–Kier alpha value is -1.55. The molecule has 1 saturated carbocycles. The van der Waals surface area contributed by atoms with Gasteiger partial charge in [0, 0.05) is 18.3 Å². The molecule has 1 aromatic carbocycles. The van der Waals surface area contributed by atoms with Gasteiger partial charge >= 0.3 is 0 Å². The zero-order chi connectivity index (χ0) is 18.2. The summed E-state index contributed by atoms with van der Waals surface area (Å²) in [5, 5.41) is 2.80. The van der Waals surface area contributed by atoms with E-state index in [0.29, 0.717) is 0 Å². The topological polar surface area (TPSA) is 41.6 Å². The zero-order valence-corrected chi connectivity index (χ0v) is 16.2. The SMILES string of the molecule is CCCc1ccc(OCCCCN2CCC3CCCC3C2)cc1NC=O. The van der Waals surface area contributed by atoms with Crippen LogP contribution in [-0.4, -0.2) is 37.6 Å². The van der Waals surface area contributed by atoms with Gasteiger partial charge in [-0.05, 0) is 68.7 Å². The van der Waals surface area contributed by atoms with Crippen molar-refractivity contribution in [2.45, 2.75) is 58.3 Å². The third kappa shape index (κ3) is 5.23. The van der Waals surface area contributed by atoms with E-state index in [1.165, 1.54) is 57.3 Å². The molecule has 1 saturated heterocycles. The molecule has 1 heterocycles. The maximum Gasteiger partial charge on any atom is 0.211 e. The molecule has 2 atom stereocenters. The first-order valence-electron chi connectivity index (χ1n) is 10.5. The Labute approximate surface area is 158 Å². The standard InChI is InChI=1S/C22H34N2O2/c1-2-6-19-9-10-21(15-22(19)23-17-25)26-14-4-3-12-24-13-11-18-7-5-8-20(18)16-24/h9-10,15,17-18,20H,2-8,11-14,16H2,1H3,(H,23,25). The maximum atomic E-state index is 10.8. The van der Waals surface area contributed by atoms with Crippen molar-refractivity contribution in [1.29, 1.82) is 0 Å². The van der Waals surface area contributed by atoms with Crippen LogP contribution in [0.5, 0.6) is 5.75 Å². The number of unbranched alkanes of at least 4 members (excludes halogenated alkanes) is 1. The molecule has 4 heteroatoms. The summed E-state index contributed by atoms with van der Waals surface area (Å²) in [6.07, 6.45) is 10.8. The third-order valence-corrected chi connectivity index (χ3v) is 6.08. The zero-order valence-electron chi connectivity index (χ0n) is 16.2. The summed E-state index contributed by atoms with van der Waals surface area (Å²) < 4.78 is 5.91. The van der Waals surface area contributed by atoms with Gasteiger partial charge in [0.2, 0.25) is 6.41 Å². The van der Waals surface area contributed by atoms with Crippen LogP contribution in [-0.2, 0) is 11.2 Å². The number of anilines is 1. The summed E-state index contributed by atoms with van der Waals surface area (Å²) in [6, 6.07) is 6.03. The fourth-order valence-corrected chi connectivity index (χ4v) is 4.67. The van der Waals surface area contributed by atoms with Crippen LogP contribution in [0, 0.1) is 11.8 Å². The predicted molar refractivity (Wildman–Crippen MR) is 107 cm³/mol. The number of rotatable bonds is 10. The highest BCUT2D eigenvalue weighted by Gasteiger charge is 2.32. The average Bonchev–Trinajstić information content (AvgIpc) is 3.11. The van der Waals surface area contributed by atoms with Crippen molar-refractivity contribution in [1.82, 2.24) is 4.90 Å². The number of ether oxygens (including phenoxy) is 1. The number of likely N-dealkylation sites (tertiary alicyclic amines) is 1. The minimum absolute atomic E-state index is 0.742. The smallest absolute Gasteiger partial charge is 0.211 e. The highest BCUT2D eigenvalue weighted by atomic mass is 16.5. The molecule has 0 aromatic heterocycles. The van der Waals surface area contributed by atoms with Gasteiger partial charge in [0.25, 0.3) is 0 Å². The van der Waals surface area contributed by atoms with Gasteiger partial charge in [0.05, 0.1) is 6.61 Å². The van der Waals surface area contributed by atoms with Crippen molar-refractivity contribution in [3.63, 3.8) is 0 Å². The fraction of sp³-hybridized carbons (Fsp3) is 0.682. The number of carbonyl (C=O) groups is 1. The molecule has 0 radical (unpaired) electrons. The highest BCUT2D eigenvalue weighted by molar-refractivity contribution is 5.74. The van der Waals surface area contributed by atoms with E-state index in [0.717, 1.165) is 55.6 Å². The molecule has 26 heavy (non-hydrogen) atoms. The summed E-state index contributed by atoms with van der Waals surface area (Å²) in [5.41, 5.74) is 2.04. The lowest BCUT2D eigenvalue weighted by Crippen LogP contribution is -2.38. The van der Waals surface area contributed by atoms with Crippen molar-refractivity contribution in [2.75, 3.05) is 31.6 Å². The minimum atomic E-state index is 0.742. The number of hydrogen-bond donors (Lipinski definition) is 1. The van der Waals surface area contributed by atoms with E-state index in [1.807, 2.05) is 12.1 Å². The summed E-state index contributed by atoms with van der Waals surface area (Å²) in [5.74, 6) is 2.85. The molecule has 1 N–H and O–H groups in total. The second-order valence-corrected chi connectivity index (χ2v) is 7.93. The number of fused-ring (bicyclic) bond motifs is 1. The molecule has 2 aliphatic rings. The first kappa shape index (κ1) is 19.2. The van der Waals surface area contributed by atoms with Crippen molar-refractivity contribution in [3.8, 4) is 5.75 Å². The van der Waals surface area contributed by atoms with E-state index in [1.54, 1.807) is 0 Å². The molecule has 0 bridgehead atoms. The number of piperidine rings is 1. The molecule has 0 spiro atoms. The van der Waals surface area contributed by atoms with Crippen LogP contribution in [0.15, 0.2) is 18.2 Å². The van der Waals surface area contributed by atoms with Crippen molar-refractivity contribution >= 4 is 12.1 Å². The van der Waals surface area contributed by atoms with Gasteiger partial charge in [-0.3, -0.25) is 4.79 Å². The first-order chi connectivity index (χ1) is 12.8. The second-order valence-electron chi connectivity index (χ2n) is 7.93. The Balaban J connectivity index is 1.36. The van der Waals surface area contributed by atoms with E-state index in [2.05, 4.69) is 23.2 Å². The lowest BCUT2D eigenvalue weighted by Gasteiger charge is -2.35. The highest BCUT2D eigenvalue weighted by Crippen LogP contribution is 2.37. The summed E-state index contributed by atoms with van der Waals surface area (Å²) in [7, 11) is 0. The molecular weight excluding hydrogens is 324 g/mol. The van der Waals surface area contributed by atoms with Crippen molar-refractivity contribution in [2.24, 2.45) is 11.8 Å². The van der Waals surface area contributed by atoms with E-state index in [-0.39, 0.29) is 0 Å². The molecular formula is C22H34N2O2. The fourth-order valence-electron chi connectivity index (χ4n) is 4.67. The van der Waals surface area contributed by atoms with Crippen LogP contribution in [0.25, 0.3) is 0 Å². The Kier molecular flexibility index (Phi) is 7.36.